The van der Waals surface area contributed by atoms with Crippen LogP contribution in [0, 0.1) is 10.8 Å². The van der Waals surface area contributed by atoms with Gasteiger partial charge in [0, 0.05) is 64.4 Å². The SMILES string of the molecule is CCCCCC(C)NC(=O)N(CCN1CCN(CCN(C(=N)N)C(=O)NC(C)CCCCC)CC1)C(=N)N. The molecule has 1 heterocycles. The molecule has 12 nitrogen and oxygen atoms in total. The predicted molar refractivity (Wildman–Crippen MR) is 154 cm³/mol. The highest BCUT2D eigenvalue weighted by Crippen LogP contribution is 2.07. The summed E-state index contributed by atoms with van der Waals surface area (Å²) < 4.78 is 0. The van der Waals surface area contributed by atoms with Crippen LogP contribution in [0.1, 0.15) is 79.1 Å². The number of rotatable bonds is 16. The standard InChI is InChI=1S/C26H54N10O2/c1-5-7-9-11-21(3)31-25(37)35(23(27)28)19-17-33-13-15-34(16-14-33)18-20-36(24(29)30)26(38)32-22(4)12-10-8-6-2/h21-22H,5-20H2,1-4H3,(H3,27,28)(H3,29,30)(H,31,37)(H,32,38). The van der Waals surface area contributed by atoms with Gasteiger partial charge < -0.3 is 22.1 Å². The molecule has 0 aromatic carbocycles. The van der Waals surface area contributed by atoms with Crippen molar-refractivity contribution in [1.82, 2.24) is 30.2 Å². The molecule has 1 aliphatic rings. The molecule has 0 spiro atoms. The van der Waals surface area contributed by atoms with Crippen LogP contribution in [0.25, 0.3) is 0 Å². The molecule has 1 rings (SSSR count). The van der Waals surface area contributed by atoms with Gasteiger partial charge in [-0.3, -0.25) is 30.4 Å². The number of hydrogen-bond donors (Lipinski definition) is 6. The zero-order chi connectivity index (χ0) is 28.5. The van der Waals surface area contributed by atoms with E-state index < -0.39 is 0 Å². The molecule has 0 bridgehead atoms. The number of carbonyl (C=O) groups is 2. The molecule has 0 aromatic heterocycles. The van der Waals surface area contributed by atoms with Crippen LogP contribution in [0.5, 0.6) is 0 Å². The zero-order valence-electron chi connectivity index (χ0n) is 24.2. The third kappa shape index (κ3) is 13.3. The Morgan fingerprint density at radius 1 is 0.737 bits per heavy atom. The van der Waals surface area contributed by atoms with Crippen molar-refractivity contribution in [3.8, 4) is 0 Å². The van der Waals surface area contributed by atoms with E-state index in [0.29, 0.717) is 26.2 Å². The van der Waals surface area contributed by atoms with Crippen LogP contribution in [0.4, 0.5) is 9.59 Å². The first-order valence-corrected chi connectivity index (χ1v) is 14.4. The monoisotopic (exact) mass is 538 g/mol. The quantitative estimate of drug-likeness (QED) is 0.100. The van der Waals surface area contributed by atoms with Crippen molar-refractivity contribution in [3.63, 3.8) is 0 Å². The van der Waals surface area contributed by atoms with E-state index in [-0.39, 0.29) is 36.1 Å². The number of urea groups is 2. The normalized spacial score (nSPS) is 15.9. The number of hydrogen-bond acceptors (Lipinski definition) is 6. The largest absolute Gasteiger partial charge is 0.370 e. The van der Waals surface area contributed by atoms with Crippen molar-refractivity contribution in [2.24, 2.45) is 11.5 Å². The maximum absolute atomic E-state index is 12.6. The summed E-state index contributed by atoms with van der Waals surface area (Å²) in [6, 6.07) is -0.550. The molecule has 12 heteroatoms. The second-order valence-corrected chi connectivity index (χ2v) is 10.4. The van der Waals surface area contributed by atoms with Crippen molar-refractivity contribution in [3.05, 3.63) is 0 Å². The summed E-state index contributed by atoms with van der Waals surface area (Å²) in [7, 11) is 0. The first-order chi connectivity index (χ1) is 18.1. The Bertz CT molecular complexity index is 667. The van der Waals surface area contributed by atoms with Crippen molar-refractivity contribution >= 4 is 24.0 Å². The van der Waals surface area contributed by atoms with Gasteiger partial charge >= 0.3 is 12.1 Å². The Morgan fingerprint density at radius 3 is 1.37 bits per heavy atom. The predicted octanol–water partition coefficient (Wildman–Crippen LogP) is 2.35. The summed E-state index contributed by atoms with van der Waals surface area (Å²) in [6.45, 7) is 13.5. The van der Waals surface area contributed by atoms with E-state index in [4.69, 9.17) is 22.3 Å². The fourth-order valence-electron chi connectivity index (χ4n) is 4.50. The van der Waals surface area contributed by atoms with Gasteiger partial charge in [0.2, 0.25) is 0 Å². The topological polar surface area (TPSA) is 171 Å². The van der Waals surface area contributed by atoms with Crippen LogP contribution in [0.2, 0.25) is 0 Å². The summed E-state index contributed by atoms with van der Waals surface area (Å²) >= 11 is 0. The number of amides is 4. The Labute approximate surface area is 229 Å². The Hall–Kier alpha value is -2.60. The maximum atomic E-state index is 12.6. The lowest BCUT2D eigenvalue weighted by atomic mass is 10.1. The Kier molecular flexibility index (Phi) is 16.4. The molecule has 38 heavy (non-hydrogen) atoms. The van der Waals surface area contributed by atoms with Gasteiger partial charge in [0.15, 0.2) is 11.9 Å². The molecule has 1 aliphatic heterocycles. The van der Waals surface area contributed by atoms with Crippen LogP contribution in [-0.4, -0.2) is 108 Å². The summed E-state index contributed by atoms with van der Waals surface area (Å²) in [5, 5.41) is 21.6. The van der Waals surface area contributed by atoms with Crippen LogP contribution in [0.3, 0.4) is 0 Å². The van der Waals surface area contributed by atoms with Gasteiger partial charge in [0.05, 0.1) is 0 Å². The van der Waals surface area contributed by atoms with Crippen molar-refractivity contribution in [2.45, 2.75) is 91.1 Å². The average Bonchev–Trinajstić information content (AvgIpc) is 2.85. The molecule has 8 N–H and O–H groups in total. The van der Waals surface area contributed by atoms with E-state index in [9.17, 15) is 9.59 Å². The van der Waals surface area contributed by atoms with Gasteiger partial charge in [-0.2, -0.15) is 0 Å². The number of carbonyl (C=O) groups excluding carboxylic acids is 2. The second-order valence-electron chi connectivity index (χ2n) is 10.4. The molecule has 0 aliphatic carbocycles. The second kappa shape index (κ2) is 18.6. The molecule has 2 atom stereocenters. The smallest absolute Gasteiger partial charge is 0.324 e. The highest BCUT2D eigenvalue weighted by Gasteiger charge is 2.23. The number of nitrogens with one attached hydrogen (secondary N) is 4. The first kappa shape index (κ1) is 33.4. The first-order valence-electron chi connectivity index (χ1n) is 14.4. The minimum Gasteiger partial charge on any atom is -0.370 e. The van der Waals surface area contributed by atoms with Crippen LogP contribution in [-0.2, 0) is 0 Å². The minimum absolute atomic E-state index is 0.0420. The van der Waals surface area contributed by atoms with E-state index in [1.54, 1.807) is 0 Å². The summed E-state index contributed by atoms with van der Waals surface area (Å²) in [4.78, 5) is 32.4. The lowest BCUT2D eigenvalue weighted by molar-refractivity contribution is 0.123. The number of guanidine groups is 2. The van der Waals surface area contributed by atoms with E-state index in [1.165, 1.54) is 9.80 Å². The van der Waals surface area contributed by atoms with Gasteiger partial charge in [-0.05, 0) is 26.7 Å². The van der Waals surface area contributed by atoms with Gasteiger partial charge in [-0.1, -0.05) is 52.4 Å². The molecule has 1 saturated heterocycles. The maximum Gasteiger partial charge on any atom is 0.324 e. The summed E-state index contributed by atoms with van der Waals surface area (Å²) in [6.07, 6.45) is 8.50. The Morgan fingerprint density at radius 2 is 1.08 bits per heavy atom. The molecule has 0 radical (unpaired) electrons. The lowest BCUT2D eigenvalue weighted by Gasteiger charge is -2.36. The number of nitrogens with two attached hydrogens (primary N) is 2. The van der Waals surface area contributed by atoms with E-state index >= 15 is 0 Å². The number of unbranched alkanes of at least 4 members (excludes halogenated alkanes) is 4. The fourth-order valence-corrected chi connectivity index (χ4v) is 4.50. The van der Waals surface area contributed by atoms with Gasteiger partial charge in [-0.15, -0.1) is 0 Å². The number of piperazine rings is 1. The van der Waals surface area contributed by atoms with E-state index in [0.717, 1.165) is 77.5 Å². The van der Waals surface area contributed by atoms with Crippen LogP contribution < -0.4 is 22.1 Å². The summed E-state index contributed by atoms with van der Waals surface area (Å²) in [5.41, 5.74) is 11.4. The highest BCUT2D eigenvalue weighted by atomic mass is 16.2. The van der Waals surface area contributed by atoms with Crippen LogP contribution >= 0.6 is 0 Å². The minimum atomic E-state index is -0.317. The zero-order valence-corrected chi connectivity index (χ0v) is 24.2. The average molecular weight is 539 g/mol. The van der Waals surface area contributed by atoms with Gasteiger partial charge in [-0.25, -0.2) is 9.59 Å². The third-order valence-corrected chi connectivity index (χ3v) is 7.04. The molecule has 1 fully saturated rings. The molecule has 0 aromatic rings. The summed E-state index contributed by atoms with van der Waals surface area (Å²) in [5.74, 6) is -0.492. The molecule has 4 amide bonds. The molecular weight excluding hydrogens is 484 g/mol. The van der Waals surface area contributed by atoms with E-state index in [1.807, 2.05) is 13.8 Å². The van der Waals surface area contributed by atoms with Gasteiger partial charge in [0.1, 0.15) is 0 Å². The molecule has 0 saturated carbocycles. The lowest BCUT2D eigenvalue weighted by Crippen LogP contribution is -2.55. The van der Waals surface area contributed by atoms with Crippen molar-refractivity contribution < 1.29 is 9.59 Å². The molecular formula is C26H54N10O2. The van der Waals surface area contributed by atoms with Gasteiger partial charge in [0.25, 0.3) is 0 Å². The van der Waals surface area contributed by atoms with Crippen LogP contribution in [0.15, 0.2) is 0 Å². The molecule has 220 valence electrons. The van der Waals surface area contributed by atoms with Crippen molar-refractivity contribution in [1.29, 1.82) is 10.8 Å². The third-order valence-electron chi connectivity index (χ3n) is 7.04. The van der Waals surface area contributed by atoms with Crippen molar-refractivity contribution in [2.75, 3.05) is 52.4 Å². The van der Waals surface area contributed by atoms with E-state index in [2.05, 4.69) is 34.3 Å². The highest BCUT2D eigenvalue weighted by molar-refractivity contribution is 5.94. The number of nitrogens with zero attached hydrogens (tertiary/aromatic N) is 4. The Balaban J connectivity index is 2.43. The fraction of sp³-hybridized carbons (Fsp3) is 0.846. The molecule has 2 unspecified atom stereocenters.